The van der Waals surface area contributed by atoms with Gasteiger partial charge in [-0.15, -0.1) is 0 Å². The van der Waals surface area contributed by atoms with Crippen molar-refractivity contribution < 1.29 is 15.1 Å². The fourth-order valence-electron chi connectivity index (χ4n) is 3.49. The molecule has 6 nitrogen and oxygen atoms in total. The lowest BCUT2D eigenvalue weighted by atomic mass is 9.77. The van der Waals surface area contributed by atoms with Crippen LogP contribution in [-0.4, -0.2) is 40.1 Å². The van der Waals surface area contributed by atoms with E-state index in [1.165, 1.54) is 0 Å². The molecule has 4 N–H and O–H groups in total. The van der Waals surface area contributed by atoms with Crippen molar-refractivity contribution >= 4 is 11.7 Å². The zero-order valence-electron chi connectivity index (χ0n) is 14.0. The van der Waals surface area contributed by atoms with Crippen LogP contribution in [0.3, 0.4) is 0 Å². The summed E-state index contributed by atoms with van der Waals surface area (Å²) in [5, 5.41) is 21.8. The molecule has 132 valence electrons. The van der Waals surface area contributed by atoms with Crippen molar-refractivity contribution in [3.8, 4) is 0 Å². The van der Waals surface area contributed by atoms with Crippen LogP contribution in [0.25, 0.3) is 0 Å². The summed E-state index contributed by atoms with van der Waals surface area (Å²) in [4.78, 5) is 14.9. The lowest BCUT2D eigenvalue weighted by Crippen LogP contribution is -2.51. The summed E-state index contributed by atoms with van der Waals surface area (Å²) >= 11 is 0. The number of aliphatic hydroxyl groups is 1. The van der Waals surface area contributed by atoms with Crippen LogP contribution in [0.5, 0.6) is 0 Å². The Labute approximate surface area is 143 Å². The van der Waals surface area contributed by atoms with Crippen LogP contribution >= 0.6 is 0 Å². The van der Waals surface area contributed by atoms with Crippen LogP contribution in [0.15, 0.2) is 35.5 Å². The third kappa shape index (κ3) is 4.06. The molecule has 0 radical (unpaired) electrons. The van der Waals surface area contributed by atoms with Crippen molar-refractivity contribution in [3.63, 3.8) is 0 Å². The maximum absolute atomic E-state index is 13.3. The lowest BCUT2D eigenvalue weighted by molar-refractivity contribution is -0.140. The zero-order valence-corrected chi connectivity index (χ0v) is 14.0. The van der Waals surface area contributed by atoms with Crippen LogP contribution in [0, 0.1) is 5.41 Å². The summed E-state index contributed by atoms with van der Waals surface area (Å²) in [6.07, 6.45) is 5.01. The molecule has 24 heavy (non-hydrogen) atoms. The number of hydrogen-bond acceptors (Lipinski definition) is 4. The van der Waals surface area contributed by atoms with Gasteiger partial charge in [-0.3, -0.25) is 4.79 Å². The minimum Gasteiger partial charge on any atom is -0.409 e. The average Bonchev–Trinajstić information content (AvgIpc) is 2.88. The average molecular weight is 333 g/mol. The van der Waals surface area contributed by atoms with E-state index in [4.69, 9.17) is 5.73 Å². The molecule has 1 aliphatic rings. The van der Waals surface area contributed by atoms with E-state index in [1.807, 2.05) is 30.3 Å². The summed E-state index contributed by atoms with van der Waals surface area (Å²) in [5.74, 6) is -0.164. The summed E-state index contributed by atoms with van der Waals surface area (Å²) < 4.78 is 0. The Morgan fingerprint density at radius 2 is 1.79 bits per heavy atom. The maximum atomic E-state index is 13.3. The van der Waals surface area contributed by atoms with Crippen molar-refractivity contribution in [1.82, 2.24) is 4.90 Å². The Morgan fingerprint density at radius 3 is 2.33 bits per heavy atom. The van der Waals surface area contributed by atoms with E-state index in [0.717, 1.165) is 31.2 Å². The number of rotatable bonds is 6. The summed E-state index contributed by atoms with van der Waals surface area (Å²) in [7, 11) is 0. The standard InChI is InChI=1S/C18H27N3O3/c19-16(20-24)18(10-6-1-2-7-11-18)17(23)21(12-13-22)14-15-8-4-3-5-9-15/h3-5,8-9,22,24H,1-2,6-7,10-14H2,(H2,19,20). The second-order valence-corrected chi connectivity index (χ2v) is 6.42. The minimum atomic E-state index is -0.963. The molecule has 0 bridgehead atoms. The number of hydrogen-bond donors (Lipinski definition) is 3. The monoisotopic (exact) mass is 333 g/mol. The highest BCUT2D eigenvalue weighted by molar-refractivity contribution is 6.06. The number of nitrogens with two attached hydrogens (primary N) is 1. The van der Waals surface area contributed by atoms with Crippen molar-refractivity contribution in [1.29, 1.82) is 0 Å². The summed E-state index contributed by atoms with van der Waals surface area (Å²) in [6.45, 7) is 0.514. The first kappa shape index (κ1) is 18.3. The largest absolute Gasteiger partial charge is 0.409 e. The van der Waals surface area contributed by atoms with Gasteiger partial charge in [0.05, 0.1) is 6.61 Å². The molecule has 0 saturated heterocycles. The number of oxime groups is 1. The number of aliphatic hydroxyl groups excluding tert-OH is 1. The van der Waals surface area contributed by atoms with E-state index in [2.05, 4.69) is 5.16 Å². The van der Waals surface area contributed by atoms with E-state index < -0.39 is 5.41 Å². The van der Waals surface area contributed by atoms with Crippen molar-refractivity contribution in [3.05, 3.63) is 35.9 Å². The van der Waals surface area contributed by atoms with Gasteiger partial charge >= 0.3 is 0 Å². The fourth-order valence-corrected chi connectivity index (χ4v) is 3.49. The number of carbonyl (C=O) groups is 1. The van der Waals surface area contributed by atoms with E-state index in [-0.39, 0.29) is 24.9 Å². The first-order valence-corrected chi connectivity index (χ1v) is 8.56. The number of nitrogens with zero attached hydrogens (tertiary/aromatic N) is 2. The predicted molar refractivity (Wildman–Crippen MR) is 92.5 cm³/mol. The van der Waals surface area contributed by atoms with Crippen molar-refractivity contribution in [2.45, 2.75) is 45.1 Å². The molecule has 0 aliphatic heterocycles. The molecule has 0 unspecified atom stereocenters. The van der Waals surface area contributed by atoms with E-state index in [1.54, 1.807) is 4.90 Å². The molecule has 1 aromatic carbocycles. The van der Waals surface area contributed by atoms with Crippen LogP contribution in [-0.2, 0) is 11.3 Å². The second-order valence-electron chi connectivity index (χ2n) is 6.42. The molecule has 0 heterocycles. The molecule has 6 heteroatoms. The molecular formula is C18H27N3O3. The smallest absolute Gasteiger partial charge is 0.236 e. The Bertz CT molecular complexity index is 552. The highest BCUT2D eigenvalue weighted by atomic mass is 16.4. The summed E-state index contributed by atoms with van der Waals surface area (Å²) in [6, 6.07) is 9.65. The molecule has 1 aliphatic carbocycles. The molecule has 0 aromatic heterocycles. The van der Waals surface area contributed by atoms with Crippen LogP contribution in [0.4, 0.5) is 0 Å². The molecule has 1 fully saturated rings. The Hall–Kier alpha value is -2.08. The third-order valence-corrected chi connectivity index (χ3v) is 4.84. The lowest BCUT2D eigenvalue weighted by Gasteiger charge is -2.35. The van der Waals surface area contributed by atoms with E-state index in [0.29, 0.717) is 19.4 Å². The van der Waals surface area contributed by atoms with Crippen LogP contribution < -0.4 is 5.73 Å². The molecule has 0 spiro atoms. The summed E-state index contributed by atoms with van der Waals surface area (Å²) in [5.41, 5.74) is 6.00. The third-order valence-electron chi connectivity index (χ3n) is 4.84. The molecule has 1 amide bonds. The maximum Gasteiger partial charge on any atom is 0.236 e. The van der Waals surface area contributed by atoms with Gasteiger partial charge in [-0.05, 0) is 18.4 Å². The van der Waals surface area contributed by atoms with E-state index >= 15 is 0 Å². The van der Waals surface area contributed by atoms with Crippen molar-refractivity contribution in [2.75, 3.05) is 13.2 Å². The first-order valence-electron chi connectivity index (χ1n) is 8.56. The van der Waals surface area contributed by atoms with Crippen LogP contribution in [0.1, 0.15) is 44.1 Å². The van der Waals surface area contributed by atoms with Crippen LogP contribution in [0.2, 0.25) is 0 Å². The number of amides is 1. The van der Waals surface area contributed by atoms with E-state index in [9.17, 15) is 15.1 Å². The second kappa shape index (κ2) is 8.68. The molecule has 1 aromatic rings. The number of benzene rings is 1. The quantitative estimate of drug-likeness (QED) is 0.244. The Morgan fingerprint density at radius 1 is 1.17 bits per heavy atom. The predicted octanol–water partition coefficient (Wildman–Crippen LogP) is 2.09. The normalized spacial score (nSPS) is 18.0. The van der Waals surface area contributed by atoms with Gasteiger partial charge in [0.25, 0.3) is 0 Å². The number of amidine groups is 1. The molecule has 1 saturated carbocycles. The highest BCUT2D eigenvalue weighted by Gasteiger charge is 2.45. The SMILES string of the molecule is N/C(=N/O)C1(C(=O)N(CCO)Cc2ccccc2)CCCCCC1. The van der Waals surface area contributed by atoms with Crippen molar-refractivity contribution in [2.24, 2.45) is 16.3 Å². The molecule has 0 atom stereocenters. The minimum absolute atomic E-state index is 0.00889. The number of carbonyl (C=O) groups excluding carboxylic acids is 1. The Kier molecular flexibility index (Phi) is 6.61. The van der Waals surface area contributed by atoms with Gasteiger partial charge in [0.1, 0.15) is 5.41 Å². The molecular weight excluding hydrogens is 306 g/mol. The van der Waals surface area contributed by atoms with Gasteiger partial charge in [-0.1, -0.05) is 61.2 Å². The Balaban J connectivity index is 2.29. The zero-order chi connectivity index (χ0) is 17.4. The fraction of sp³-hybridized carbons (Fsp3) is 0.556. The van der Waals surface area contributed by atoms with Gasteiger partial charge in [0.15, 0.2) is 5.84 Å². The van der Waals surface area contributed by atoms with Gasteiger partial charge < -0.3 is 20.9 Å². The van der Waals surface area contributed by atoms with Gasteiger partial charge in [0.2, 0.25) is 5.91 Å². The topological polar surface area (TPSA) is 99.2 Å². The van der Waals surface area contributed by atoms with Gasteiger partial charge in [-0.2, -0.15) is 0 Å². The van der Waals surface area contributed by atoms with Gasteiger partial charge in [0, 0.05) is 13.1 Å². The first-order chi connectivity index (χ1) is 11.6. The van der Waals surface area contributed by atoms with Gasteiger partial charge in [-0.25, -0.2) is 0 Å². The molecule has 2 rings (SSSR count). The highest BCUT2D eigenvalue weighted by Crippen LogP contribution is 2.37.